The number of carbonyl (C=O) groups is 1. The van der Waals surface area contributed by atoms with E-state index in [2.05, 4.69) is 15.5 Å². The minimum absolute atomic E-state index is 0.0913. The van der Waals surface area contributed by atoms with Crippen LogP contribution in [0.2, 0.25) is 0 Å². The van der Waals surface area contributed by atoms with Crippen LogP contribution in [-0.4, -0.2) is 41.9 Å². The number of hydrogen-bond acceptors (Lipinski definition) is 7. The van der Waals surface area contributed by atoms with Crippen molar-refractivity contribution in [3.05, 3.63) is 46.9 Å². The van der Waals surface area contributed by atoms with Crippen LogP contribution in [0.3, 0.4) is 0 Å². The first-order valence-corrected chi connectivity index (χ1v) is 13.6. The van der Waals surface area contributed by atoms with Gasteiger partial charge in [0.25, 0.3) is 0 Å². The summed E-state index contributed by atoms with van der Waals surface area (Å²) < 4.78 is 46.8. The minimum Gasteiger partial charge on any atom is -0.339 e. The van der Waals surface area contributed by atoms with Gasteiger partial charge in [0.2, 0.25) is 27.6 Å². The van der Waals surface area contributed by atoms with Crippen molar-refractivity contribution in [1.29, 1.82) is 0 Å². The molecule has 1 saturated carbocycles. The highest BCUT2D eigenvalue weighted by atomic mass is 32.2. The molecule has 5 rings (SSSR count). The van der Waals surface area contributed by atoms with Gasteiger partial charge in [-0.15, -0.1) is 11.3 Å². The second-order valence-corrected chi connectivity index (χ2v) is 12.0. The summed E-state index contributed by atoms with van der Waals surface area (Å²) in [7, 11) is -3.80. The number of thiophene rings is 1. The number of amides is 1. The fourth-order valence-electron chi connectivity index (χ4n) is 4.28. The van der Waals surface area contributed by atoms with Crippen molar-refractivity contribution in [3.8, 4) is 10.7 Å². The van der Waals surface area contributed by atoms with Crippen LogP contribution in [0, 0.1) is 18.7 Å². The summed E-state index contributed by atoms with van der Waals surface area (Å²) in [6.45, 7) is 2.20. The molecular formula is C23H25FN4O4S2. The fraction of sp³-hybridized carbons (Fsp3) is 0.435. The number of hydrogen-bond donors (Lipinski definition) is 1. The summed E-state index contributed by atoms with van der Waals surface area (Å²) in [5, 5.41) is 6.81. The highest BCUT2D eigenvalue weighted by Gasteiger charge is 2.35. The lowest BCUT2D eigenvalue weighted by Crippen LogP contribution is -2.43. The van der Waals surface area contributed by atoms with E-state index < -0.39 is 21.8 Å². The highest BCUT2D eigenvalue weighted by molar-refractivity contribution is 7.89. The first-order chi connectivity index (χ1) is 16.3. The fourth-order valence-corrected chi connectivity index (χ4v) is 7.29. The molecule has 3 aromatic rings. The average molecular weight is 505 g/mol. The molecule has 2 aliphatic rings. The van der Waals surface area contributed by atoms with Crippen molar-refractivity contribution in [1.82, 2.24) is 14.4 Å². The molecule has 8 nitrogen and oxygen atoms in total. The summed E-state index contributed by atoms with van der Waals surface area (Å²) in [6, 6.07) is 7.10. The number of nitrogens with one attached hydrogen (secondary N) is 1. The maximum absolute atomic E-state index is 13.5. The van der Waals surface area contributed by atoms with Gasteiger partial charge < -0.3 is 9.84 Å². The Balaban J connectivity index is 1.31. The molecule has 11 heteroatoms. The summed E-state index contributed by atoms with van der Waals surface area (Å²) in [6.07, 6.45) is 4.39. The van der Waals surface area contributed by atoms with Crippen molar-refractivity contribution >= 4 is 33.0 Å². The van der Waals surface area contributed by atoms with Gasteiger partial charge in [-0.1, -0.05) is 11.6 Å². The lowest BCUT2D eigenvalue weighted by atomic mass is 9.85. The molecule has 0 radical (unpaired) electrons. The van der Waals surface area contributed by atoms with Crippen molar-refractivity contribution in [2.45, 2.75) is 49.8 Å². The van der Waals surface area contributed by atoms with E-state index in [1.807, 2.05) is 0 Å². The monoisotopic (exact) mass is 504 g/mol. The van der Waals surface area contributed by atoms with Gasteiger partial charge in [0, 0.05) is 29.6 Å². The van der Waals surface area contributed by atoms with E-state index in [1.165, 1.54) is 39.9 Å². The number of aryl methyl sites for hydroxylation is 1. The third kappa shape index (κ3) is 4.51. The summed E-state index contributed by atoms with van der Waals surface area (Å²) in [5.74, 6) is 0.170. The maximum atomic E-state index is 13.5. The summed E-state index contributed by atoms with van der Waals surface area (Å²) in [4.78, 5) is 18.7. The Labute approximate surface area is 201 Å². The Hall–Kier alpha value is -2.63. The number of halogens is 1. The number of nitrogens with zero attached hydrogens (tertiary/aromatic N) is 3. The van der Waals surface area contributed by atoms with E-state index in [0.29, 0.717) is 52.5 Å². The molecule has 0 spiro atoms. The highest BCUT2D eigenvalue weighted by Crippen LogP contribution is 2.38. The molecule has 3 heterocycles. The molecule has 1 aliphatic heterocycles. The largest absolute Gasteiger partial charge is 0.339 e. The lowest BCUT2D eigenvalue weighted by Gasteiger charge is -2.31. The topological polar surface area (TPSA) is 105 Å². The van der Waals surface area contributed by atoms with Crippen molar-refractivity contribution in [2.75, 3.05) is 18.4 Å². The zero-order chi connectivity index (χ0) is 23.9. The molecule has 0 unspecified atom stereocenters. The van der Waals surface area contributed by atoms with Crippen LogP contribution in [0.1, 0.15) is 48.8 Å². The Morgan fingerprint density at radius 2 is 1.97 bits per heavy atom. The molecule has 1 aliphatic carbocycles. The summed E-state index contributed by atoms with van der Waals surface area (Å²) >= 11 is 1.32. The average Bonchev–Trinajstić information content (AvgIpc) is 3.41. The van der Waals surface area contributed by atoms with Crippen LogP contribution < -0.4 is 5.32 Å². The third-order valence-corrected chi connectivity index (χ3v) is 9.64. The first-order valence-electron chi connectivity index (χ1n) is 11.3. The van der Waals surface area contributed by atoms with E-state index in [9.17, 15) is 17.6 Å². The number of aromatic nitrogens is 2. The number of benzene rings is 1. The number of sulfonamides is 1. The third-order valence-electron chi connectivity index (χ3n) is 6.47. The Kier molecular flexibility index (Phi) is 6.26. The van der Waals surface area contributed by atoms with Gasteiger partial charge in [-0.2, -0.15) is 9.29 Å². The number of piperidine rings is 1. The Bertz CT molecular complexity index is 1300. The van der Waals surface area contributed by atoms with E-state index >= 15 is 0 Å². The molecule has 0 bridgehead atoms. The Morgan fingerprint density at radius 3 is 2.68 bits per heavy atom. The minimum atomic E-state index is -3.80. The maximum Gasteiger partial charge on any atom is 0.244 e. The molecule has 34 heavy (non-hydrogen) atoms. The van der Waals surface area contributed by atoms with Crippen LogP contribution in [-0.2, 0) is 14.8 Å². The lowest BCUT2D eigenvalue weighted by molar-refractivity contribution is -0.120. The first kappa shape index (κ1) is 23.1. The van der Waals surface area contributed by atoms with Gasteiger partial charge in [-0.25, -0.2) is 12.8 Å². The van der Waals surface area contributed by atoms with Crippen LogP contribution in [0.15, 0.2) is 39.8 Å². The van der Waals surface area contributed by atoms with E-state index in [1.54, 1.807) is 13.0 Å². The van der Waals surface area contributed by atoms with Gasteiger partial charge >= 0.3 is 0 Å². The van der Waals surface area contributed by atoms with Crippen LogP contribution in [0.25, 0.3) is 10.7 Å². The predicted octanol–water partition coefficient (Wildman–Crippen LogP) is 4.55. The second kappa shape index (κ2) is 9.20. The zero-order valence-corrected chi connectivity index (χ0v) is 20.3. The molecular weight excluding hydrogens is 479 g/mol. The molecule has 1 saturated heterocycles. The number of carbonyl (C=O) groups excluding carboxylic acids is 1. The Morgan fingerprint density at radius 1 is 1.21 bits per heavy atom. The molecule has 2 aromatic heterocycles. The van der Waals surface area contributed by atoms with E-state index in [4.69, 9.17) is 4.52 Å². The van der Waals surface area contributed by atoms with Gasteiger partial charge in [0.1, 0.15) is 5.82 Å². The number of anilines is 1. The van der Waals surface area contributed by atoms with Crippen molar-refractivity contribution in [3.63, 3.8) is 0 Å². The normalized spacial score (nSPS) is 19.6. The molecule has 180 valence electrons. The molecule has 1 aromatic carbocycles. The smallest absolute Gasteiger partial charge is 0.244 e. The quantitative estimate of drug-likeness (QED) is 0.528. The summed E-state index contributed by atoms with van der Waals surface area (Å²) in [5.41, 5.74) is 0.478. The number of rotatable bonds is 6. The molecule has 1 N–H and O–H groups in total. The SMILES string of the molecule is Cc1sc(-c2noc(C3CCC3)n2)cc1S(=O)(=O)N1CCC[C@H](C(=O)Nc2ccc(F)cc2)C1. The van der Waals surface area contributed by atoms with Crippen molar-refractivity contribution < 1.29 is 22.1 Å². The van der Waals surface area contributed by atoms with Crippen LogP contribution in [0.5, 0.6) is 0 Å². The van der Waals surface area contributed by atoms with Gasteiger partial charge in [-0.3, -0.25) is 4.79 Å². The second-order valence-electron chi connectivity index (χ2n) is 8.81. The zero-order valence-electron chi connectivity index (χ0n) is 18.7. The molecule has 1 amide bonds. The van der Waals surface area contributed by atoms with Gasteiger partial charge in [-0.05, 0) is 62.9 Å². The van der Waals surface area contributed by atoms with Gasteiger partial charge in [0.05, 0.1) is 15.7 Å². The molecule has 2 fully saturated rings. The van der Waals surface area contributed by atoms with Gasteiger partial charge in [0.15, 0.2) is 0 Å². The van der Waals surface area contributed by atoms with Crippen LogP contribution >= 0.6 is 11.3 Å². The molecule has 1 atom stereocenters. The van der Waals surface area contributed by atoms with E-state index in [0.717, 1.165) is 19.3 Å². The van der Waals surface area contributed by atoms with E-state index in [-0.39, 0.29) is 17.3 Å². The standard InChI is InChI=1S/C23H25FN4O4S2/c1-14-20(12-19(33-14)21-26-23(32-27-21)15-4-2-5-15)34(30,31)28-11-3-6-16(13-28)22(29)25-18-9-7-17(24)8-10-18/h7-10,12,15-16H,2-6,11,13H2,1H3,(H,25,29)/t16-/m0/s1. The predicted molar refractivity (Wildman–Crippen MR) is 125 cm³/mol. The van der Waals surface area contributed by atoms with Crippen molar-refractivity contribution in [2.24, 2.45) is 5.92 Å². The van der Waals surface area contributed by atoms with Crippen LogP contribution in [0.4, 0.5) is 10.1 Å².